The molecule has 0 aromatic carbocycles. The molecule has 3 N–H and O–H groups in total. The number of quaternary nitrogens is 3. The van der Waals surface area contributed by atoms with Crippen molar-refractivity contribution in [2.75, 3.05) is 86.8 Å². The van der Waals surface area contributed by atoms with E-state index < -0.39 is 0 Å². The van der Waals surface area contributed by atoms with E-state index >= 15 is 0 Å². The van der Waals surface area contributed by atoms with Gasteiger partial charge in [0, 0.05) is 0 Å². The first kappa shape index (κ1) is 15.9. The lowest BCUT2D eigenvalue weighted by molar-refractivity contribution is -0.961. The van der Waals surface area contributed by atoms with Crippen molar-refractivity contribution >= 4 is 0 Å². The van der Waals surface area contributed by atoms with Gasteiger partial charge in [0.1, 0.15) is 39.3 Å². The molecule has 1 aliphatic rings. The van der Waals surface area contributed by atoms with E-state index in [1.165, 1.54) is 26.2 Å². The number of ether oxygens (including phenoxy) is 2. The van der Waals surface area contributed by atoms with Gasteiger partial charge in [-0.25, -0.2) is 0 Å². The Hall–Kier alpha value is -0.200. The first-order valence-electron chi connectivity index (χ1n) is 7.28. The normalized spacial score (nSPS) is 34.5. The molecule has 2 unspecified atom stereocenters. The predicted octanol–water partition coefficient (Wildman–Crippen LogP) is -4.42. The molecule has 1 rings (SSSR count). The summed E-state index contributed by atoms with van der Waals surface area (Å²) < 4.78 is 11.1. The van der Waals surface area contributed by atoms with Crippen LogP contribution in [-0.4, -0.2) is 86.8 Å². The Morgan fingerprint density at radius 1 is 0.500 bits per heavy atom. The van der Waals surface area contributed by atoms with E-state index in [0.717, 1.165) is 39.5 Å². The fourth-order valence-electron chi connectivity index (χ4n) is 2.04. The van der Waals surface area contributed by atoms with Crippen molar-refractivity contribution in [1.29, 1.82) is 0 Å². The maximum atomic E-state index is 5.57. The molecule has 1 heterocycles. The minimum Gasteiger partial charge on any atom is -0.373 e. The Morgan fingerprint density at radius 2 is 0.833 bits per heavy atom. The standard InChI is InChI=1S/C13H29N3O2/c1-14-4-6-15(2)8-10-17-12-13-18-11-9-16(3)7-5-14/h4-13H2,1-3H3/p+3. The Balaban J connectivity index is 2.29. The van der Waals surface area contributed by atoms with Gasteiger partial charge in [-0.15, -0.1) is 0 Å². The lowest BCUT2D eigenvalue weighted by Crippen LogP contribution is -3.21. The van der Waals surface area contributed by atoms with Crippen molar-refractivity contribution in [2.24, 2.45) is 0 Å². The lowest BCUT2D eigenvalue weighted by Gasteiger charge is -2.19. The first-order chi connectivity index (χ1) is 8.68. The van der Waals surface area contributed by atoms with Crippen molar-refractivity contribution in [3.8, 4) is 0 Å². The molecule has 0 saturated carbocycles. The third kappa shape index (κ3) is 8.00. The number of likely N-dealkylation sites (N-methyl/N-ethyl adjacent to an activating group) is 3. The van der Waals surface area contributed by atoms with Crippen molar-refractivity contribution < 1.29 is 24.2 Å². The molecular formula is C13H32N3O2+3. The number of nitrogens with one attached hydrogen (secondary N) is 3. The zero-order chi connectivity index (χ0) is 13.2. The molecule has 0 aromatic heterocycles. The van der Waals surface area contributed by atoms with E-state index in [-0.39, 0.29) is 0 Å². The summed E-state index contributed by atoms with van der Waals surface area (Å²) in [5, 5.41) is 0. The monoisotopic (exact) mass is 262 g/mol. The summed E-state index contributed by atoms with van der Waals surface area (Å²) in [6.07, 6.45) is 0. The molecular weight excluding hydrogens is 230 g/mol. The average molecular weight is 262 g/mol. The molecule has 18 heavy (non-hydrogen) atoms. The van der Waals surface area contributed by atoms with Gasteiger partial charge in [-0.2, -0.15) is 0 Å². The SMILES string of the molecule is C[NH+]1CCOCCOCC[NH+](C)CC[NH+](C)CC1. The van der Waals surface area contributed by atoms with Crippen LogP contribution in [0.4, 0.5) is 0 Å². The highest BCUT2D eigenvalue weighted by molar-refractivity contribution is 4.34. The third-order valence-corrected chi connectivity index (χ3v) is 3.68. The van der Waals surface area contributed by atoms with Crippen LogP contribution in [0.15, 0.2) is 0 Å². The van der Waals surface area contributed by atoms with Crippen LogP contribution in [0.2, 0.25) is 0 Å². The third-order valence-electron chi connectivity index (χ3n) is 3.68. The predicted molar refractivity (Wildman–Crippen MR) is 71.5 cm³/mol. The molecule has 0 aliphatic carbocycles. The minimum absolute atomic E-state index is 0.734. The Kier molecular flexibility index (Phi) is 8.54. The molecule has 1 saturated heterocycles. The van der Waals surface area contributed by atoms with Crippen molar-refractivity contribution in [3.05, 3.63) is 0 Å². The van der Waals surface area contributed by atoms with Crippen LogP contribution in [0, 0.1) is 0 Å². The van der Waals surface area contributed by atoms with Gasteiger partial charge >= 0.3 is 0 Å². The second kappa shape index (κ2) is 9.69. The summed E-state index contributed by atoms with van der Waals surface area (Å²) in [7, 11) is 6.80. The molecule has 108 valence electrons. The molecule has 0 amide bonds. The van der Waals surface area contributed by atoms with Crippen LogP contribution in [0.5, 0.6) is 0 Å². The van der Waals surface area contributed by atoms with E-state index in [1.807, 2.05) is 0 Å². The molecule has 0 radical (unpaired) electrons. The van der Waals surface area contributed by atoms with Crippen LogP contribution < -0.4 is 14.7 Å². The average Bonchev–Trinajstić information content (AvgIpc) is 2.36. The summed E-state index contributed by atoms with van der Waals surface area (Å²) in [6, 6.07) is 0. The van der Waals surface area contributed by atoms with Crippen LogP contribution in [-0.2, 0) is 9.47 Å². The lowest BCUT2D eigenvalue weighted by atomic mass is 10.4. The van der Waals surface area contributed by atoms with Crippen molar-refractivity contribution in [3.63, 3.8) is 0 Å². The summed E-state index contributed by atoms with van der Waals surface area (Å²) >= 11 is 0. The highest BCUT2D eigenvalue weighted by Gasteiger charge is 2.11. The van der Waals surface area contributed by atoms with E-state index in [2.05, 4.69) is 21.1 Å². The Labute approximate surface area is 112 Å². The van der Waals surface area contributed by atoms with E-state index in [9.17, 15) is 0 Å². The van der Waals surface area contributed by atoms with Gasteiger partial charge in [0.2, 0.25) is 0 Å². The van der Waals surface area contributed by atoms with Crippen LogP contribution >= 0.6 is 0 Å². The van der Waals surface area contributed by atoms with Crippen molar-refractivity contribution in [1.82, 2.24) is 0 Å². The maximum absolute atomic E-state index is 5.57. The van der Waals surface area contributed by atoms with E-state index in [4.69, 9.17) is 9.47 Å². The quantitative estimate of drug-likeness (QED) is 0.412. The molecule has 2 atom stereocenters. The van der Waals surface area contributed by atoms with Crippen LogP contribution in [0.25, 0.3) is 0 Å². The fourth-order valence-corrected chi connectivity index (χ4v) is 2.04. The first-order valence-corrected chi connectivity index (χ1v) is 7.28. The summed E-state index contributed by atoms with van der Waals surface area (Å²) in [5.74, 6) is 0. The smallest absolute Gasteiger partial charge is 0.127 e. The second-order valence-corrected chi connectivity index (χ2v) is 5.60. The number of rotatable bonds is 0. The van der Waals surface area contributed by atoms with Gasteiger partial charge in [-0.05, 0) is 0 Å². The maximum Gasteiger partial charge on any atom is 0.127 e. The van der Waals surface area contributed by atoms with E-state index in [0.29, 0.717) is 0 Å². The molecule has 1 fully saturated rings. The molecule has 5 nitrogen and oxygen atoms in total. The van der Waals surface area contributed by atoms with Gasteiger partial charge < -0.3 is 24.2 Å². The largest absolute Gasteiger partial charge is 0.373 e. The van der Waals surface area contributed by atoms with Gasteiger partial charge in [0.05, 0.1) is 47.6 Å². The van der Waals surface area contributed by atoms with Gasteiger partial charge in [-0.3, -0.25) is 0 Å². The van der Waals surface area contributed by atoms with Gasteiger partial charge in [-0.1, -0.05) is 0 Å². The summed E-state index contributed by atoms with van der Waals surface area (Å²) in [4.78, 5) is 4.75. The molecule has 0 bridgehead atoms. The fraction of sp³-hybridized carbons (Fsp3) is 1.00. The Morgan fingerprint density at radius 3 is 1.22 bits per heavy atom. The summed E-state index contributed by atoms with van der Waals surface area (Å²) in [6.45, 7) is 10.3. The zero-order valence-corrected chi connectivity index (χ0v) is 12.4. The second-order valence-electron chi connectivity index (χ2n) is 5.60. The number of hydrogen-bond acceptors (Lipinski definition) is 2. The molecule has 0 spiro atoms. The highest BCUT2D eigenvalue weighted by atomic mass is 16.5. The van der Waals surface area contributed by atoms with Crippen molar-refractivity contribution in [2.45, 2.75) is 0 Å². The topological polar surface area (TPSA) is 31.8 Å². The summed E-state index contributed by atoms with van der Waals surface area (Å²) in [5.41, 5.74) is 0. The van der Waals surface area contributed by atoms with Gasteiger partial charge in [0.25, 0.3) is 0 Å². The molecule has 0 aromatic rings. The van der Waals surface area contributed by atoms with Crippen LogP contribution in [0.1, 0.15) is 0 Å². The molecule has 1 aliphatic heterocycles. The molecule has 5 heteroatoms. The number of hydrogen-bond donors (Lipinski definition) is 3. The highest BCUT2D eigenvalue weighted by Crippen LogP contribution is 1.76. The van der Waals surface area contributed by atoms with E-state index in [1.54, 1.807) is 14.7 Å². The zero-order valence-electron chi connectivity index (χ0n) is 12.4. The van der Waals surface area contributed by atoms with Gasteiger partial charge in [0.15, 0.2) is 0 Å². The minimum atomic E-state index is 0.734. The van der Waals surface area contributed by atoms with Crippen LogP contribution in [0.3, 0.4) is 0 Å². The Bertz CT molecular complexity index is 185.